The van der Waals surface area contributed by atoms with Crippen LogP contribution < -0.4 is 0 Å². The van der Waals surface area contributed by atoms with Gasteiger partial charge in [-0.05, 0) is 47.1 Å². The summed E-state index contributed by atoms with van der Waals surface area (Å²) < 4.78 is 0. The molecule has 0 aliphatic heterocycles. The second-order valence-electron chi connectivity index (χ2n) is 7.54. The molecular weight excluding hydrogens is 360 g/mol. The van der Waals surface area contributed by atoms with Gasteiger partial charge in [-0.15, -0.1) is 0 Å². The van der Waals surface area contributed by atoms with Crippen LogP contribution in [0, 0.1) is 0 Å². The van der Waals surface area contributed by atoms with E-state index in [0.717, 1.165) is 30.4 Å². The molecule has 0 aliphatic carbocycles. The summed E-state index contributed by atoms with van der Waals surface area (Å²) in [5.41, 5.74) is 5.45. The molecule has 0 bridgehead atoms. The molecule has 0 heterocycles. The summed E-state index contributed by atoms with van der Waals surface area (Å²) in [4.78, 5) is 10.7. The SMILES string of the molecule is O=C(O)CCCCCc1cc(Cc2ccccc2)c(O)c(Cc2ccccc2)c1. The van der Waals surface area contributed by atoms with Gasteiger partial charge in [-0.25, -0.2) is 0 Å². The topological polar surface area (TPSA) is 57.5 Å². The molecule has 0 saturated carbocycles. The van der Waals surface area contributed by atoms with Crippen molar-refractivity contribution in [2.75, 3.05) is 0 Å². The van der Waals surface area contributed by atoms with E-state index in [1.807, 2.05) is 36.4 Å². The van der Waals surface area contributed by atoms with Gasteiger partial charge in [-0.1, -0.05) is 79.2 Å². The molecular formula is C26H28O3. The van der Waals surface area contributed by atoms with Gasteiger partial charge in [0.1, 0.15) is 5.75 Å². The van der Waals surface area contributed by atoms with E-state index in [9.17, 15) is 9.90 Å². The Morgan fingerprint density at radius 1 is 0.690 bits per heavy atom. The molecule has 0 fully saturated rings. The molecule has 0 radical (unpaired) electrons. The highest BCUT2D eigenvalue weighted by atomic mass is 16.4. The van der Waals surface area contributed by atoms with Gasteiger partial charge >= 0.3 is 5.97 Å². The van der Waals surface area contributed by atoms with Crippen molar-refractivity contribution in [3.63, 3.8) is 0 Å². The zero-order chi connectivity index (χ0) is 20.5. The summed E-state index contributed by atoms with van der Waals surface area (Å²) in [5.74, 6) is -0.350. The highest BCUT2D eigenvalue weighted by Crippen LogP contribution is 2.30. The molecule has 3 rings (SSSR count). The number of hydrogen-bond acceptors (Lipinski definition) is 2. The lowest BCUT2D eigenvalue weighted by Crippen LogP contribution is -1.99. The molecule has 0 saturated heterocycles. The first-order valence-corrected chi connectivity index (χ1v) is 10.2. The maximum Gasteiger partial charge on any atom is 0.303 e. The predicted molar refractivity (Wildman–Crippen MR) is 116 cm³/mol. The second kappa shape index (κ2) is 10.5. The zero-order valence-electron chi connectivity index (χ0n) is 16.7. The molecule has 29 heavy (non-hydrogen) atoms. The Balaban J connectivity index is 1.79. The van der Waals surface area contributed by atoms with Crippen LogP contribution in [0.3, 0.4) is 0 Å². The largest absolute Gasteiger partial charge is 0.507 e. The second-order valence-corrected chi connectivity index (χ2v) is 7.54. The Bertz CT molecular complexity index is 855. The standard InChI is InChI=1S/C26H28O3/c27-25(28)15-9-3-8-14-22-18-23(16-20-10-4-1-5-11-20)26(29)24(19-22)17-21-12-6-2-7-13-21/h1-2,4-7,10-13,18-19,29H,3,8-9,14-17H2,(H,27,28). The van der Waals surface area contributed by atoms with Crippen LogP contribution in [0.15, 0.2) is 72.8 Å². The third-order valence-electron chi connectivity index (χ3n) is 5.16. The molecule has 3 nitrogen and oxygen atoms in total. The van der Waals surface area contributed by atoms with Gasteiger partial charge in [0.25, 0.3) is 0 Å². The molecule has 3 aromatic carbocycles. The number of aliphatic carboxylic acids is 1. The number of carbonyl (C=O) groups is 1. The van der Waals surface area contributed by atoms with Crippen LogP contribution >= 0.6 is 0 Å². The van der Waals surface area contributed by atoms with E-state index in [1.54, 1.807) is 0 Å². The Morgan fingerprint density at radius 3 is 1.69 bits per heavy atom. The summed E-state index contributed by atoms with van der Waals surface area (Å²) in [7, 11) is 0. The lowest BCUT2D eigenvalue weighted by molar-refractivity contribution is -0.137. The van der Waals surface area contributed by atoms with Crippen molar-refractivity contribution in [2.24, 2.45) is 0 Å². The number of carboxylic acid groups (broad SMARTS) is 1. The summed E-state index contributed by atoms with van der Waals surface area (Å²) >= 11 is 0. The molecule has 0 spiro atoms. The third kappa shape index (κ3) is 6.49. The van der Waals surface area contributed by atoms with Crippen molar-refractivity contribution < 1.29 is 15.0 Å². The van der Waals surface area contributed by atoms with Gasteiger partial charge in [0.2, 0.25) is 0 Å². The fraction of sp³-hybridized carbons (Fsp3) is 0.269. The predicted octanol–water partition coefficient (Wildman–Crippen LogP) is 5.76. The maximum atomic E-state index is 10.9. The molecule has 3 aromatic rings. The van der Waals surface area contributed by atoms with E-state index in [4.69, 9.17) is 5.11 Å². The molecule has 3 heteroatoms. The lowest BCUT2D eigenvalue weighted by Gasteiger charge is -2.14. The van der Waals surface area contributed by atoms with Crippen molar-refractivity contribution in [2.45, 2.75) is 44.9 Å². The van der Waals surface area contributed by atoms with Crippen LogP contribution in [-0.2, 0) is 24.1 Å². The Morgan fingerprint density at radius 2 is 1.21 bits per heavy atom. The Hall–Kier alpha value is -3.07. The van der Waals surface area contributed by atoms with Crippen molar-refractivity contribution in [1.29, 1.82) is 0 Å². The van der Waals surface area contributed by atoms with Crippen molar-refractivity contribution in [1.82, 2.24) is 0 Å². The maximum absolute atomic E-state index is 10.9. The zero-order valence-corrected chi connectivity index (χ0v) is 16.7. The minimum Gasteiger partial charge on any atom is -0.507 e. The quantitative estimate of drug-likeness (QED) is 0.434. The summed E-state index contributed by atoms with van der Waals surface area (Å²) in [5, 5.41) is 19.7. The van der Waals surface area contributed by atoms with E-state index >= 15 is 0 Å². The van der Waals surface area contributed by atoms with Crippen LogP contribution in [0.5, 0.6) is 5.75 Å². The fourth-order valence-electron chi connectivity index (χ4n) is 3.66. The minimum absolute atomic E-state index is 0.230. The monoisotopic (exact) mass is 388 g/mol. The molecule has 0 unspecified atom stereocenters. The smallest absolute Gasteiger partial charge is 0.303 e. The van der Waals surface area contributed by atoms with Gasteiger partial charge in [-0.2, -0.15) is 0 Å². The number of benzene rings is 3. The molecule has 150 valence electrons. The number of phenols is 1. The molecule has 0 amide bonds. The Kier molecular flexibility index (Phi) is 7.46. The number of hydrogen-bond donors (Lipinski definition) is 2. The van der Waals surface area contributed by atoms with E-state index < -0.39 is 5.97 Å². The number of carboxylic acids is 1. The average molecular weight is 389 g/mol. The van der Waals surface area contributed by atoms with Gasteiger partial charge in [0, 0.05) is 19.3 Å². The number of phenolic OH excluding ortho intramolecular Hbond substituents is 1. The van der Waals surface area contributed by atoms with Crippen molar-refractivity contribution in [3.05, 3.63) is 101 Å². The van der Waals surface area contributed by atoms with Crippen LogP contribution in [0.4, 0.5) is 0 Å². The Labute approximate surface area is 172 Å². The van der Waals surface area contributed by atoms with Gasteiger partial charge in [-0.3, -0.25) is 4.79 Å². The fourth-order valence-corrected chi connectivity index (χ4v) is 3.66. The minimum atomic E-state index is -0.732. The normalized spacial score (nSPS) is 10.8. The number of unbranched alkanes of at least 4 members (excludes halogenated alkanes) is 2. The van der Waals surface area contributed by atoms with Crippen molar-refractivity contribution in [3.8, 4) is 5.75 Å². The average Bonchev–Trinajstić information content (AvgIpc) is 2.72. The van der Waals surface area contributed by atoms with Crippen molar-refractivity contribution >= 4 is 5.97 Å². The van der Waals surface area contributed by atoms with Crippen LogP contribution in [0.2, 0.25) is 0 Å². The summed E-state index contributed by atoms with van der Waals surface area (Å²) in [6, 6.07) is 24.6. The molecule has 2 N–H and O–H groups in total. The first-order chi connectivity index (χ1) is 14.1. The van der Waals surface area contributed by atoms with Gasteiger partial charge in [0.05, 0.1) is 0 Å². The van der Waals surface area contributed by atoms with Crippen LogP contribution in [0.25, 0.3) is 0 Å². The lowest BCUT2D eigenvalue weighted by atomic mass is 9.93. The first kappa shape index (κ1) is 20.7. The summed E-state index contributed by atoms with van der Waals surface area (Å²) in [6.45, 7) is 0. The third-order valence-corrected chi connectivity index (χ3v) is 5.16. The molecule has 0 aromatic heterocycles. The van der Waals surface area contributed by atoms with Crippen LogP contribution in [-0.4, -0.2) is 16.2 Å². The van der Waals surface area contributed by atoms with E-state index in [-0.39, 0.29) is 6.42 Å². The number of aromatic hydroxyl groups is 1. The van der Waals surface area contributed by atoms with E-state index in [1.165, 1.54) is 16.7 Å². The number of aryl methyl sites for hydroxylation is 1. The van der Waals surface area contributed by atoms with Gasteiger partial charge in [0.15, 0.2) is 0 Å². The van der Waals surface area contributed by atoms with E-state index in [0.29, 0.717) is 25.0 Å². The van der Waals surface area contributed by atoms with Crippen LogP contribution in [0.1, 0.15) is 53.5 Å². The van der Waals surface area contributed by atoms with E-state index in [2.05, 4.69) is 36.4 Å². The number of rotatable bonds is 10. The highest BCUT2D eigenvalue weighted by molar-refractivity contribution is 5.66. The first-order valence-electron chi connectivity index (χ1n) is 10.2. The molecule has 0 atom stereocenters. The van der Waals surface area contributed by atoms with Gasteiger partial charge < -0.3 is 10.2 Å². The molecule has 0 aliphatic rings. The summed E-state index contributed by atoms with van der Waals surface area (Å²) in [6.07, 6.45) is 5.07. The highest BCUT2D eigenvalue weighted by Gasteiger charge is 2.12.